The van der Waals surface area contributed by atoms with E-state index in [1.165, 1.54) is 15.6 Å². The highest BCUT2D eigenvalue weighted by molar-refractivity contribution is 9.11. The van der Waals surface area contributed by atoms with E-state index < -0.39 is 0 Å². The molecule has 0 bridgehead atoms. The highest BCUT2D eigenvalue weighted by Crippen LogP contribution is 2.33. The van der Waals surface area contributed by atoms with Crippen molar-refractivity contribution in [3.63, 3.8) is 0 Å². The van der Waals surface area contributed by atoms with E-state index in [1.54, 1.807) is 0 Å². The maximum absolute atomic E-state index is 9.44. The molecule has 0 heterocycles. The highest BCUT2D eigenvalue weighted by Gasteiger charge is 2.13. The molecule has 0 amide bonds. The first-order chi connectivity index (χ1) is 9.15. The standard InChI is InChI=1S/C17H28BrN/c1-5-9-14(13-19)15(10-6-2)16(11-7-3)17(18)12-8-4/h5-12H2,1-4H3/b15-14-,17-16-. The average molecular weight is 326 g/mol. The molecule has 0 atom stereocenters. The van der Waals surface area contributed by atoms with Crippen molar-refractivity contribution in [2.24, 2.45) is 0 Å². The predicted molar refractivity (Wildman–Crippen MR) is 88.2 cm³/mol. The van der Waals surface area contributed by atoms with Crippen LogP contribution in [0.3, 0.4) is 0 Å². The molecule has 0 rings (SSSR count). The minimum Gasteiger partial charge on any atom is -0.193 e. The third kappa shape index (κ3) is 6.43. The zero-order chi connectivity index (χ0) is 14.7. The van der Waals surface area contributed by atoms with E-state index in [-0.39, 0.29) is 0 Å². The fraction of sp³-hybridized carbons (Fsp3) is 0.706. The average Bonchev–Trinajstić information content (AvgIpc) is 2.40. The Bertz CT molecular complexity index is 358. The molecule has 0 saturated heterocycles. The summed E-state index contributed by atoms with van der Waals surface area (Å²) in [4.78, 5) is 0. The third-order valence-corrected chi connectivity index (χ3v) is 4.04. The van der Waals surface area contributed by atoms with Gasteiger partial charge in [0.15, 0.2) is 0 Å². The van der Waals surface area contributed by atoms with Crippen molar-refractivity contribution in [3.8, 4) is 6.07 Å². The van der Waals surface area contributed by atoms with Crippen LogP contribution in [0.15, 0.2) is 21.2 Å². The largest absolute Gasteiger partial charge is 0.193 e. The van der Waals surface area contributed by atoms with Gasteiger partial charge in [0, 0.05) is 5.57 Å². The van der Waals surface area contributed by atoms with Gasteiger partial charge in [-0.2, -0.15) is 5.26 Å². The summed E-state index contributed by atoms with van der Waals surface area (Å²) < 4.78 is 1.31. The lowest BCUT2D eigenvalue weighted by molar-refractivity contribution is 0.811. The molecule has 0 aromatic carbocycles. The number of nitrogens with zero attached hydrogens (tertiary/aromatic N) is 1. The lowest BCUT2D eigenvalue weighted by Crippen LogP contribution is -1.99. The van der Waals surface area contributed by atoms with Crippen LogP contribution in [-0.2, 0) is 0 Å². The maximum Gasteiger partial charge on any atom is 0.0950 e. The van der Waals surface area contributed by atoms with Gasteiger partial charge >= 0.3 is 0 Å². The molecule has 0 N–H and O–H groups in total. The molecule has 1 nitrogen and oxygen atoms in total. The quantitative estimate of drug-likeness (QED) is 0.343. The Morgan fingerprint density at radius 3 is 1.68 bits per heavy atom. The summed E-state index contributed by atoms with van der Waals surface area (Å²) in [7, 11) is 0. The Kier molecular flexibility index (Phi) is 11.0. The lowest BCUT2D eigenvalue weighted by atomic mass is 9.90. The van der Waals surface area contributed by atoms with Gasteiger partial charge in [-0.15, -0.1) is 0 Å². The summed E-state index contributed by atoms with van der Waals surface area (Å²) >= 11 is 3.76. The molecule has 108 valence electrons. The summed E-state index contributed by atoms with van der Waals surface area (Å²) in [5.41, 5.74) is 3.71. The summed E-state index contributed by atoms with van der Waals surface area (Å²) in [6, 6.07) is 2.45. The number of hydrogen-bond acceptors (Lipinski definition) is 1. The predicted octanol–water partition coefficient (Wildman–Crippen LogP) is 6.66. The van der Waals surface area contributed by atoms with Crippen LogP contribution in [0.5, 0.6) is 0 Å². The third-order valence-electron chi connectivity index (χ3n) is 3.16. The molecule has 0 fully saturated rings. The van der Waals surface area contributed by atoms with Crippen LogP contribution < -0.4 is 0 Å². The molecule has 0 aliphatic rings. The molecule has 19 heavy (non-hydrogen) atoms. The minimum absolute atomic E-state index is 0.908. The van der Waals surface area contributed by atoms with Crippen LogP contribution in [0, 0.1) is 11.3 Å². The Morgan fingerprint density at radius 2 is 1.26 bits per heavy atom. The molecule has 0 aliphatic carbocycles. The second-order valence-corrected chi connectivity index (χ2v) is 5.91. The molecule has 0 spiro atoms. The van der Waals surface area contributed by atoms with Crippen LogP contribution in [0.4, 0.5) is 0 Å². The number of allylic oxidation sites excluding steroid dienone is 4. The molecular weight excluding hydrogens is 298 g/mol. The van der Waals surface area contributed by atoms with Crippen molar-refractivity contribution in [1.29, 1.82) is 5.26 Å². The summed E-state index contributed by atoms with van der Waals surface area (Å²) in [6.07, 6.45) is 8.50. The minimum atomic E-state index is 0.908. The molecule has 0 aromatic rings. The van der Waals surface area contributed by atoms with E-state index >= 15 is 0 Å². The summed E-state index contributed by atoms with van der Waals surface area (Å²) in [5, 5.41) is 9.44. The summed E-state index contributed by atoms with van der Waals surface area (Å²) in [6.45, 7) is 8.75. The van der Waals surface area contributed by atoms with E-state index in [4.69, 9.17) is 0 Å². The van der Waals surface area contributed by atoms with Gasteiger partial charge in [0.2, 0.25) is 0 Å². The Hall–Kier alpha value is -0.550. The Labute approximate surface area is 127 Å². The van der Waals surface area contributed by atoms with E-state index in [0.717, 1.165) is 56.9 Å². The molecule has 0 saturated carbocycles. The molecule has 0 unspecified atom stereocenters. The zero-order valence-electron chi connectivity index (χ0n) is 13.0. The van der Waals surface area contributed by atoms with E-state index in [0.29, 0.717) is 0 Å². The molecule has 0 radical (unpaired) electrons. The van der Waals surface area contributed by atoms with Crippen molar-refractivity contribution in [2.45, 2.75) is 79.1 Å². The van der Waals surface area contributed by atoms with Gasteiger partial charge in [-0.1, -0.05) is 69.3 Å². The Morgan fingerprint density at radius 1 is 0.789 bits per heavy atom. The van der Waals surface area contributed by atoms with Crippen LogP contribution in [0.1, 0.15) is 79.1 Å². The highest BCUT2D eigenvalue weighted by atomic mass is 79.9. The number of nitriles is 1. The van der Waals surface area contributed by atoms with Crippen LogP contribution in [-0.4, -0.2) is 0 Å². The molecule has 2 heteroatoms. The molecule has 0 aromatic heterocycles. The van der Waals surface area contributed by atoms with Crippen LogP contribution >= 0.6 is 15.9 Å². The normalized spacial score (nSPS) is 13.7. The van der Waals surface area contributed by atoms with Gasteiger partial charge in [-0.25, -0.2) is 0 Å². The van der Waals surface area contributed by atoms with E-state index in [2.05, 4.69) is 49.7 Å². The lowest BCUT2D eigenvalue weighted by Gasteiger charge is -2.16. The zero-order valence-corrected chi connectivity index (χ0v) is 14.6. The van der Waals surface area contributed by atoms with Crippen molar-refractivity contribution >= 4 is 15.9 Å². The monoisotopic (exact) mass is 325 g/mol. The van der Waals surface area contributed by atoms with Gasteiger partial charge in [0.1, 0.15) is 0 Å². The Balaban J connectivity index is 5.64. The van der Waals surface area contributed by atoms with E-state index in [1.807, 2.05) is 0 Å². The SMILES string of the molecule is CCC/C(Br)=C(CCC)/C(CCC)=C(\C#N)CCC. The van der Waals surface area contributed by atoms with Crippen molar-refractivity contribution < 1.29 is 0 Å². The number of rotatable bonds is 9. The smallest absolute Gasteiger partial charge is 0.0950 e. The topological polar surface area (TPSA) is 23.8 Å². The second kappa shape index (κ2) is 11.3. The molecule has 0 aliphatic heterocycles. The first-order valence-electron chi connectivity index (χ1n) is 7.66. The first kappa shape index (κ1) is 18.4. The van der Waals surface area contributed by atoms with Gasteiger partial charge in [0.25, 0.3) is 0 Å². The van der Waals surface area contributed by atoms with Crippen molar-refractivity contribution in [3.05, 3.63) is 21.2 Å². The van der Waals surface area contributed by atoms with E-state index in [9.17, 15) is 5.26 Å². The van der Waals surface area contributed by atoms with Gasteiger partial charge in [-0.3, -0.25) is 0 Å². The van der Waals surface area contributed by atoms with Crippen LogP contribution in [0.2, 0.25) is 0 Å². The maximum atomic E-state index is 9.44. The van der Waals surface area contributed by atoms with Gasteiger partial charge in [-0.05, 0) is 41.3 Å². The van der Waals surface area contributed by atoms with Crippen molar-refractivity contribution in [2.75, 3.05) is 0 Å². The summed E-state index contributed by atoms with van der Waals surface area (Å²) in [5.74, 6) is 0. The fourth-order valence-corrected chi connectivity index (χ4v) is 3.16. The van der Waals surface area contributed by atoms with Crippen LogP contribution in [0.25, 0.3) is 0 Å². The fourth-order valence-electron chi connectivity index (χ4n) is 2.33. The van der Waals surface area contributed by atoms with Crippen molar-refractivity contribution in [1.82, 2.24) is 0 Å². The first-order valence-corrected chi connectivity index (χ1v) is 8.45. The number of halogens is 1. The number of hydrogen-bond donors (Lipinski definition) is 0. The molecular formula is C17H28BrN. The van der Waals surface area contributed by atoms with Gasteiger partial charge in [0.05, 0.1) is 6.07 Å². The second-order valence-electron chi connectivity index (χ2n) is 4.95. The van der Waals surface area contributed by atoms with Gasteiger partial charge < -0.3 is 0 Å².